The minimum absolute atomic E-state index is 0.609. The molecule has 56 valence electrons. The van der Waals surface area contributed by atoms with Crippen LogP contribution in [0.4, 0.5) is 5.82 Å². The molecular formula is C6H5IN4. The highest BCUT2D eigenvalue weighted by Crippen LogP contribution is 2.12. The van der Waals surface area contributed by atoms with E-state index in [0.717, 1.165) is 9.22 Å². The van der Waals surface area contributed by atoms with Crippen molar-refractivity contribution in [3.63, 3.8) is 0 Å². The molecule has 0 unspecified atom stereocenters. The highest BCUT2D eigenvalue weighted by Gasteiger charge is 2.02. The second kappa shape index (κ2) is 2.33. The lowest BCUT2D eigenvalue weighted by Crippen LogP contribution is -1.98. The summed E-state index contributed by atoms with van der Waals surface area (Å²) < 4.78 is 2.62. The van der Waals surface area contributed by atoms with Crippen LogP contribution in [0.1, 0.15) is 0 Å². The number of aromatic nitrogens is 3. The third-order valence-electron chi connectivity index (χ3n) is 1.39. The van der Waals surface area contributed by atoms with Crippen LogP contribution in [0.25, 0.3) is 5.65 Å². The Bertz CT molecular complexity index is 394. The van der Waals surface area contributed by atoms with Crippen molar-refractivity contribution in [2.45, 2.75) is 0 Å². The molecule has 0 atom stereocenters. The molecule has 2 N–H and O–H groups in total. The van der Waals surface area contributed by atoms with Gasteiger partial charge in [0.1, 0.15) is 5.82 Å². The van der Waals surface area contributed by atoms with E-state index in [0.29, 0.717) is 5.82 Å². The molecule has 0 spiro atoms. The molecule has 0 saturated carbocycles. The molecule has 0 bridgehead atoms. The fourth-order valence-corrected chi connectivity index (χ4v) is 1.37. The summed E-state index contributed by atoms with van der Waals surface area (Å²) in [4.78, 5) is 4.11. The quantitative estimate of drug-likeness (QED) is 0.716. The Morgan fingerprint density at radius 3 is 3.09 bits per heavy atom. The Morgan fingerprint density at radius 1 is 1.55 bits per heavy atom. The Labute approximate surface area is 76.6 Å². The predicted molar refractivity (Wildman–Crippen MR) is 50.1 cm³/mol. The molecular weight excluding hydrogens is 255 g/mol. The second-order valence-corrected chi connectivity index (χ2v) is 3.26. The van der Waals surface area contributed by atoms with Crippen molar-refractivity contribution in [1.82, 2.24) is 14.6 Å². The van der Waals surface area contributed by atoms with Crippen molar-refractivity contribution in [3.05, 3.63) is 22.0 Å². The highest BCUT2D eigenvalue weighted by atomic mass is 127. The maximum Gasteiger partial charge on any atom is 0.170 e. The van der Waals surface area contributed by atoms with Gasteiger partial charge in [0.05, 0.1) is 9.77 Å². The zero-order valence-electron chi connectivity index (χ0n) is 5.53. The first-order valence-corrected chi connectivity index (χ1v) is 4.10. The van der Waals surface area contributed by atoms with E-state index in [-0.39, 0.29) is 0 Å². The molecule has 0 aliphatic heterocycles. The first-order chi connectivity index (χ1) is 5.29. The van der Waals surface area contributed by atoms with Gasteiger partial charge >= 0.3 is 0 Å². The van der Waals surface area contributed by atoms with Gasteiger partial charge in [0.2, 0.25) is 0 Å². The topological polar surface area (TPSA) is 56.2 Å². The second-order valence-electron chi connectivity index (χ2n) is 2.10. The molecule has 2 aromatic rings. The normalized spacial score (nSPS) is 10.6. The van der Waals surface area contributed by atoms with E-state index in [4.69, 9.17) is 5.73 Å². The lowest BCUT2D eigenvalue weighted by molar-refractivity contribution is 0.952. The van der Waals surface area contributed by atoms with E-state index in [2.05, 4.69) is 32.7 Å². The third-order valence-corrected chi connectivity index (χ3v) is 2.15. The van der Waals surface area contributed by atoms with Crippen LogP contribution in [0.5, 0.6) is 0 Å². The molecule has 0 radical (unpaired) electrons. The minimum atomic E-state index is 0.609. The smallest absolute Gasteiger partial charge is 0.170 e. The van der Waals surface area contributed by atoms with Crippen molar-refractivity contribution < 1.29 is 0 Å². The summed E-state index contributed by atoms with van der Waals surface area (Å²) in [5.74, 6) is 0.609. The van der Waals surface area contributed by atoms with Crippen molar-refractivity contribution in [1.29, 1.82) is 0 Å². The van der Waals surface area contributed by atoms with E-state index in [1.54, 1.807) is 23.0 Å². The van der Waals surface area contributed by atoms with E-state index >= 15 is 0 Å². The minimum Gasteiger partial charge on any atom is -0.384 e. The molecule has 0 aliphatic rings. The van der Waals surface area contributed by atoms with Gasteiger partial charge in [0.25, 0.3) is 0 Å². The van der Waals surface area contributed by atoms with E-state index in [1.165, 1.54) is 0 Å². The fourth-order valence-electron chi connectivity index (χ4n) is 0.882. The van der Waals surface area contributed by atoms with Crippen LogP contribution in [0.2, 0.25) is 0 Å². The standard InChI is InChI=1S/C6H5IN4/c7-4-3-10-11-5(8)1-2-9-6(4)11/h1-3H,8H2. The number of anilines is 1. The van der Waals surface area contributed by atoms with Gasteiger partial charge < -0.3 is 5.73 Å². The maximum atomic E-state index is 5.63. The van der Waals surface area contributed by atoms with Crippen molar-refractivity contribution in [2.75, 3.05) is 5.73 Å². The molecule has 0 aromatic carbocycles. The Kier molecular flexibility index (Phi) is 1.45. The lowest BCUT2D eigenvalue weighted by Gasteiger charge is -1.95. The number of halogens is 1. The molecule has 4 nitrogen and oxygen atoms in total. The zero-order valence-corrected chi connectivity index (χ0v) is 7.69. The number of hydrogen-bond acceptors (Lipinski definition) is 3. The van der Waals surface area contributed by atoms with Crippen LogP contribution in [0.3, 0.4) is 0 Å². The first-order valence-electron chi connectivity index (χ1n) is 3.03. The molecule has 11 heavy (non-hydrogen) atoms. The molecule has 0 aliphatic carbocycles. The van der Waals surface area contributed by atoms with Gasteiger partial charge in [-0.15, -0.1) is 0 Å². The highest BCUT2D eigenvalue weighted by molar-refractivity contribution is 14.1. The van der Waals surface area contributed by atoms with Gasteiger partial charge in [-0.1, -0.05) is 0 Å². The number of hydrogen-bond donors (Lipinski definition) is 1. The van der Waals surface area contributed by atoms with Gasteiger partial charge in [-0.2, -0.15) is 9.61 Å². The van der Waals surface area contributed by atoms with Crippen LogP contribution in [0.15, 0.2) is 18.5 Å². The monoisotopic (exact) mass is 260 g/mol. The lowest BCUT2D eigenvalue weighted by atomic mass is 10.6. The first kappa shape index (κ1) is 6.84. The summed E-state index contributed by atoms with van der Waals surface area (Å²) in [5, 5.41) is 4.04. The summed E-state index contributed by atoms with van der Waals surface area (Å²) in [5.41, 5.74) is 6.44. The van der Waals surface area contributed by atoms with Gasteiger partial charge in [0.15, 0.2) is 5.65 Å². The van der Waals surface area contributed by atoms with Crippen LogP contribution < -0.4 is 5.73 Å². The van der Waals surface area contributed by atoms with Gasteiger partial charge in [0, 0.05) is 6.20 Å². The maximum absolute atomic E-state index is 5.63. The molecule has 5 heteroatoms. The number of nitrogen functional groups attached to an aromatic ring is 1. The van der Waals surface area contributed by atoms with Crippen LogP contribution in [-0.4, -0.2) is 14.6 Å². The average molecular weight is 260 g/mol. The Balaban J connectivity index is 2.94. The molecule has 2 rings (SSSR count). The number of fused-ring (bicyclic) bond motifs is 1. The molecule has 2 aromatic heterocycles. The average Bonchev–Trinajstić information content (AvgIpc) is 2.35. The molecule has 2 heterocycles. The van der Waals surface area contributed by atoms with Crippen molar-refractivity contribution in [2.24, 2.45) is 0 Å². The SMILES string of the molecule is Nc1ccnc2c(I)cnn12. The molecule has 0 saturated heterocycles. The van der Waals surface area contributed by atoms with E-state index < -0.39 is 0 Å². The van der Waals surface area contributed by atoms with E-state index in [9.17, 15) is 0 Å². The number of nitrogens with two attached hydrogens (primary N) is 1. The van der Waals surface area contributed by atoms with Crippen LogP contribution in [0, 0.1) is 3.57 Å². The van der Waals surface area contributed by atoms with Crippen LogP contribution >= 0.6 is 22.6 Å². The van der Waals surface area contributed by atoms with Crippen molar-refractivity contribution >= 4 is 34.1 Å². The van der Waals surface area contributed by atoms with Gasteiger partial charge in [-0.3, -0.25) is 0 Å². The summed E-state index contributed by atoms with van der Waals surface area (Å²) in [6.45, 7) is 0. The number of rotatable bonds is 0. The summed E-state index contributed by atoms with van der Waals surface area (Å²) >= 11 is 2.17. The van der Waals surface area contributed by atoms with E-state index in [1.807, 2.05) is 0 Å². The van der Waals surface area contributed by atoms with Crippen LogP contribution in [-0.2, 0) is 0 Å². The summed E-state index contributed by atoms with van der Waals surface area (Å²) in [6, 6.07) is 1.72. The fraction of sp³-hybridized carbons (Fsp3) is 0. The zero-order chi connectivity index (χ0) is 7.84. The number of nitrogens with zero attached hydrogens (tertiary/aromatic N) is 3. The van der Waals surface area contributed by atoms with Gasteiger partial charge in [-0.05, 0) is 28.7 Å². The van der Waals surface area contributed by atoms with Gasteiger partial charge in [-0.25, -0.2) is 4.98 Å². The Hall–Kier alpha value is -0.850. The van der Waals surface area contributed by atoms with Crippen molar-refractivity contribution in [3.8, 4) is 0 Å². The predicted octanol–water partition coefficient (Wildman–Crippen LogP) is 0.916. The largest absolute Gasteiger partial charge is 0.384 e. The third kappa shape index (κ3) is 0.953. The summed E-state index contributed by atoms with van der Waals surface area (Å²) in [6.07, 6.45) is 3.41. The molecule has 0 amide bonds. The molecule has 0 fully saturated rings. The summed E-state index contributed by atoms with van der Waals surface area (Å²) in [7, 11) is 0. The Morgan fingerprint density at radius 2 is 2.36 bits per heavy atom.